The van der Waals surface area contributed by atoms with E-state index >= 15 is 0 Å². The third-order valence-corrected chi connectivity index (χ3v) is 2.60. The van der Waals surface area contributed by atoms with Crippen LogP contribution in [0.15, 0.2) is 30.3 Å². The van der Waals surface area contributed by atoms with E-state index in [1.54, 1.807) is 0 Å². The van der Waals surface area contributed by atoms with Crippen LogP contribution in [0, 0.1) is 0 Å². The smallest absolute Gasteiger partial charge is 0.340 e. The zero-order chi connectivity index (χ0) is 16.5. The van der Waals surface area contributed by atoms with Crippen molar-refractivity contribution in [2.75, 3.05) is 5.32 Å². The van der Waals surface area contributed by atoms with Crippen molar-refractivity contribution < 1.29 is 26.3 Å². The summed E-state index contributed by atoms with van der Waals surface area (Å²) in [5.74, 6) is -1.86. The molecule has 0 aliphatic heterocycles. The van der Waals surface area contributed by atoms with Gasteiger partial charge in [-0.15, -0.1) is 0 Å². The van der Waals surface area contributed by atoms with Gasteiger partial charge in [-0.25, -0.2) is 9.97 Å². The van der Waals surface area contributed by atoms with E-state index in [1.807, 2.05) is 0 Å². The first-order chi connectivity index (χ1) is 10.1. The Morgan fingerprint density at radius 1 is 0.909 bits per heavy atom. The Morgan fingerprint density at radius 2 is 1.59 bits per heavy atom. The summed E-state index contributed by atoms with van der Waals surface area (Å²) in [4.78, 5) is 6.19. The van der Waals surface area contributed by atoms with Gasteiger partial charge in [-0.05, 0) is 18.2 Å². The van der Waals surface area contributed by atoms with Gasteiger partial charge in [0.25, 0.3) is 0 Å². The second-order valence-electron chi connectivity index (χ2n) is 4.10. The number of nitrogens with one attached hydrogen (secondary N) is 1. The fraction of sp³-hybridized carbons (Fsp3) is 0.167. The van der Waals surface area contributed by atoms with Crippen LogP contribution in [0.2, 0.25) is 5.15 Å². The number of anilines is 2. The Kier molecular flexibility index (Phi) is 4.19. The van der Waals surface area contributed by atoms with Gasteiger partial charge in [0.05, 0.1) is 5.56 Å². The Morgan fingerprint density at radius 3 is 2.18 bits per heavy atom. The number of rotatable bonds is 2. The van der Waals surface area contributed by atoms with Crippen LogP contribution < -0.4 is 5.32 Å². The normalized spacial score (nSPS) is 12.3. The van der Waals surface area contributed by atoms with Gasteiger partial charge in [0.2, 0.25) is 5.82 Å². The summed E-state index contributed by atoms with van der Waals surface area (Å²) in [6.45, 7) is 0. The molecule has 0 atom stereocenters. The second-order valence-corrected chi connectivity index (χ2v) is 4.49. The maximum absolute atomic E-state index is 12.6. The van der Waals surface area contributed by atoms with Gasteiger partial charge < -0.3 is 5.32 Å². The van der Waals surface area contributed by atoms with Crippen LogP contribution in [0.25, 0.3) is 0 Å². The maximum Gasteiger partial charge on any atom is 0.451 e. The minimum atomic E-state index is -4.82. The van der Waals surface area contributed by atoms with E-state index in [0.29, 0.717) is 0 Å². The van der Waals surface area contributed by atoms with Crippen molar-refractivity contribution in [3.63, 3.8) is 0 Å². The lowest BCUT2D eigenvalue weighted by molar-refractivity contribution is -0.144. The highest BCUT2D eigenvalue weighted by atomic mass is 35.5. The van der Waals surface area contributed by atoms with Crippen molar-refractivity contribution in [3.8, 4) is 0 Å². The first-order valence-electron chi connectivity index (χ1n) is 5.62. The van der Waals surface area contributed by atoms with Gasteiger partial charge in [0.1, 0.15) is 11.0 Å². The highest BCUT2D eigenvalue weighted by Gasteiger charge is 2.35. The molecule has 3 nitrogen and oxygen atoms in total. The number of halogens is 7. The molecule has 0 saturated heterocycles. The van der Waals surface area contributed by atoms with Gasteiger partial charge in [-0.3, -0.25) is 0 Å². The van der Waals surface area contributed by atoms with Crippen LogP contribution in [0.3, 0.4) is 0 Å². The lowest BCUT2D eigenvalue weighted by atomic mass is 10.2. The Bertz CT molecular complexity index is 683. The molecular formula is C12H6ClF6N3. The van der Waals surface area contributed by atoms with Crippen LogP contribution >= 0.6 is 11.6 Å². The third kappa shape index (κ3) is 4.00. The number of hydrogen-bond donors (Lipinski definition) is 1. The van der Waals surface area contributed by atoms with E-state index in [1.165, 1.54) is 6.07 Å². The zero-order valence-electron chi connectivity index (χ0n) is 10.4. The lowest BCUT2D eigenvalue weighted by Gasteiger charge is -2.11. The summed E-state index contributed by atoms with van der Waals surface area (Å²) >= 11 is 5.46. The average Bonchev–Trinajstić information content (AvgIpc) is 2.36. The molecule has 1 heterocycles. The van der Waals surface area contributed by atoms with Crippen molar-refractivity contribution in [3.05, 3.63) is 46.9 Å². The largest absolute Gasteiger partial charge is 0.451 e. The van der Waals surface area contributed by atoms with Crippen molar-refractivity contribution in [1.29, 1.82) is 0 Å². The molecule has 0 unspecified atom stereocenters. The molecule has 10 heteroatoms. The lowest BCUT2D eigenvalue weighted by Crippen LogP contribution is -2.12. The van der Waals surface area contributed by atoms with E-state index in [0.717, 1.165) is 24.3 Å². The molecule has 2 rings (SSSR count). The quantitative estimate of drug-likeness (QED) is 0.623. The van der Waals surface area contributed by atoms with Gasteiger partial charge in [0.15, 0.2) is 0 Å². The predicted molar refractivity (Wildman–Crippen MR) is 66.8 cm³/mol. The van der Waals surface area contributed by atoms with Crippen molar-refractivity contribution in [1.82, 2.24) is 9.97 Å². The molecule has 1 aromatic carbocycles. The van der Waals surface area contributed by atoms with Crippen LogP contribution in [-0.2, 0) is 12.4 Å². The molecule has 1 N–H and O–H groups in total. The van der Waals surface area contributed by atoms with Crippen LogP contribution in [0.5, 0.6) is 0 Å². The van der Waals surface area contributed by atoms with Gasteiger partial charge in [-0.1, -0.05) is 17.7 Å². The molecule has 0 fully saturated rings. The Balaban J connectivity index is 2.34. The second kappa shape index (κ2) is 5.64. The molecule has 0 aliphatic carbocycles. The van der Waals surface area contributed by atoms with Crippen LogP contribution in [-0.4, -0.2) is 9.97 Å². The minimum Gasteiger partial charge on any atom is -0.340 e. The summed E-state index contributed by atoms with van der Waals surface area (Å²) in [5.41, 5.74) is -1.04. The number of hydrogen-bond acceptors (Lipinski definition) is 3. The molecule has 22 heavy (non-hydrogen) atoms. The van der Waals surface area contributed by atoms with Crippen molar-refractivity contribution >= 4 is 23.1 Å². The number of aromatic nitrogens is 2. The molecule has 0 radical (unpaired) electrons. The Hall–Kier alpha value is -2.03. The molecule has 0 bridgehead atoms. The summed E-state index contributed by atoms with van der Waals surface area (Å²) in [6.07, 6.45) is -9.40. The monoisotopic (exact) mass is 341 g/mol. The van der Waals surface area contributed by atoms with E-state index in [4.69, 9.17) is 11.6 Å². The molecule has 0 aliphatic rings. The van der Waals surface area contributed by atoms with E-state index in [-0.39, 0.29) is 11.5 Å². The zero-order valence-corrected chi connectivity index (χ0v) is 11.2. The molecule has 118 valence electrons. The third-order valence-electron chi connectivity index (χ3n) is 2.41. The van der Waals surface area contributed by atoms with Gasteiger partial charge in [-0.2, -0.15) is 26.3 Å². The summed E-state index contributed by atoms with van der Waals surface area (Å²) in [5, 5.41) is 1.85. The van der Waals surface area contributed by atoms with Crippen LogP contribution in [0.1, 0.15) is 11.4 Å². The fourth-order valence-electron chi connectivity index (χ4n) is 1.53. The SMILES string of the molecule is FC(F)(F)c1cccc(Nc2cc(Cl)nc(C(F)(F)F)n2)c1. The van der Waals surface area contributed by atoms with E-state index in [9.17, 15) is 26.3 Å². The van der Waals surface area contributed by atoms with E-state index < -0.39 is 28.9 Å². The number of alkyl halides is 6. The topological polar surface area (TPSA) is 37.8 Å². The molecule has 0 saturated carbocycles. The molecule has 2 aromatic rings. The van der Waals surface area contributed by atoms with E-state index in [2.05, 4.69) is 15.3 Å². The van der Waals surface area contributed by atoms with Gasteiger partial charge >= 0.3 is 12.4 Å². The van der Waals surface area contributed by atoms with Crippen molar-refractivity contribution in [2.24, 2.45) is 0 Å². The average molecular weight is 342 g/mol. The summed E-state index contributed by atoms with van der Waals surface area (Å²) in [7, 11) is 0. The molecular weight excluding hydrogens is 336 g/mol. The summed E-state index contributed by atoms with van der Waals surface area (Å²) < 4.78 is 75.3. The number of benzene rings is 1. The molecule has 0 spiro atoms. The van der Waals surface area contributed by atoms with Gasteiger partial charge in [0, 0.05) is 11.8 Å². The first kappa shape index (κ1) is 16.3. The van der Waals surface area contributed by atoms with Crippen molar-refractivity contribution in [2.45, 2.75) is 12.4 Å². The minimum absolute atomic E-state index is 0.0854. The summed E-state index contributed by atoms with van der Waals surface area (Å²) in [6, 6.07) is 4.90. The molecule has 0 amide bonds. The first-order valence-corrected chi connectivity index (χ1v) is 5.99. The number of nitrogens with zero attached hydrogens (tertiary/aromatic N) is 2. The standard InChI is InChI=1S/C12H6ClF6N3/c13-8-5-9(22-10(21-8)12(17,18)19)20-7-3-1-2-6(4-7)11(14,15)16/h1-5H,(H,20,21,22). The highest BCUT2D eigenvalue weighted by molar-refractivity contribution is 6.29. The Labute approximate surface area is 125 Å². The maximum atomic E-state index is 12.6. The van der Waals surface area contributed by atoms with Crippen LogP contribution in [0.4, 0.5) is 37.8 Å². The predicted octanol–water partition coefficient (Wildman–Crippen LogP) is 4.91. The highest BCUT2D eigenvalue weighted by Crippen LogP contribution is 2.32. The fourth-order valence-corrected chi connectivity index (χ4v) is 1.71. The molecule has 1 aromatic heterocycles.